The topological polar surface area (TPSA) is 87.7 Å². The maximum absolute atomic E-state index is 13.3. The lowest BCUT2D eigenvalue weighted by atomic mass is 9.95. The van der Waals surface area contributed by atoms with Crippen molar-refractivity contribution in [2.45, 2.75) is 25.7 Å². The number of aromatic amines is 1. The summed E-state index contributed by atoms with van der Waals surface area (Å²) < 4.78 is 0. The zero-order valence-electron chi connectivity index (χ0n) is 16.7. The number of nitrogens with one attached hydrogen (secondary N) is 2. The van der Waals surface area contributed by atoms with E-state index in [2.05, 4.69) is 20.5 Å². The van der Waals surface area contributed by atoms with E-state index in [1.807, 2.05) is 60.7 Å². The minimum absolute atomic E-state index is 0.0354. The molecular weight excluding hydrogens is 408 g/mol. The molecule has 5 rings (SSSR count). The van der Waals surface area contributed by atoms with E-state index in [0.717, 1.165) is 42.5 Å². The molecule has 0 spiro atoms. The van der Waals surface area contributed by atoms with E-state index < -0.39 is 11.5 Å². The van der Waals surface area contributed by atoms with Crippen LogP contribution < -0.4 is 10.9 Å². The van der Waals surface area contributed by atoms with Crippen LogP contribution in [0.1, 0.15) is 33.8 Å². The second-order valence-corrected chi connectivity index (χ2v) is 8.52. The van der Waals surface area contributed by atoms with Gasteiger partial charge in [-0.2, -0.15) is 5.10 Å². The molecule has 7 heteroatoms. The van der Waals surface area contributed by atoms with Gasteiger partial charge in [-0.05, 0) is 31.2 Å². The van der Waals surface area contributed by atoms with Crippen molar-refractivity contribution in [2.24, 2.45) is 0 Å². The van der Waals surface area contributed by atoms with E-state index in [0.29, 0.717) is 16.4 Å². The molecule has 6 nitrogen and oxygen atoms in total. The van der Waals surface area contributed by atoms with Crippen LogP contribution in [0, 0.1) is 0 Å². The van der Waals surface area contributed by atoms with E-state index in [4.69, 9.17) is 0 Å². The molecule has 1 amide bonds. The van der Waals surface area contributed by atoms with Crippen LogP contribution in [0.25, 0.3) is 22.4 Å². The largest absolute Gasteiger partial charge is 0.298 e. The van der Waals surface area contributed by atoms with Gasteiger partial charge in [-0.15, -0.1) is 11.3 Å². The van der Waals surface area contributed by atoms with Crippen molar-refractivity contribution >= 4 is 22.4 Å². The summed E-state index contributed by atoms with van der Waals surface area (Å²) >= 11 is 1.50. The molecule has 4 aromatic rings. The van der Waals surface area contributed by atoms with Crippen LogP contribution >= 0.6 is 11.3 Å². The molecule has 2 aromatic carbocycles. The number of nitrogens with zero attached hydrogens (tertiary/aromatic N) is 2. The minimum atomic E-state index is -0.530. The van der Waals surface area contributed by atoms with Crippen LogP contribution in [-0.4, -0.2) is 21.1 Å². The smallest absolute Gasteiger partial charge is 0.277 e. The minimum Gasteiger partial charge on any atom is -0.298 e. The van der Waals surface area contributed by atoms with Crippen molar-refractivity contribution in [3.8, 4) is 22.4 Å². The Morgan fingerprint density at radius 2 is 1.61 bits per heavy atom. The number of aromatic nitrogens is 3. The van der Waals surface area contributed by atoms with Crippen molar-refractivity contribution < 1.29 is 4.79 Å². The summed E-state index contributed by atoms with van der Waals surface area (Å²) in [5.74, 6) is -0.481. The third-order valence-electron chi connectivity index (χ3n) is 5.39. The number of hydrogen-bond donors (Lipinski definition) is 2. The van der Waals surface area contributed by atoms with Gasteiger partial charge in [-0.25, -0.2) is 10.1 Å². The molecule has 0 unspecified atom stereocenters. The van der Waals surface area contributed by atoms with Crippen LogP contribution in [0.15, 0.2) is 65.5 Å². The standard InChI is InChI=1S/C24H20N4O2S/c29-22(26-24-25-17-13-7-8-14-18(17)31-24)20-19(15-9-3-1-4-10-15)21(27-28-23(20)30)16-11-5-2-6-12-16/h1-6,9-12H,7-8,13-14H2,(H,28,30)(H,25,26,29). The van der Waals surface area contributed by atoms with Gasteiger partial charge in [0.25, 0.3) is 11.5 Å². The molecule has 2 N–H and O–H groups in total. The molecule has 0 radical (unpaired) electrons. The molecule has 154 valence electrons. The Hall–Kier alpha value is -3.58. The number of carbonyl (C=O) groups excluding carboxylic acids is 1. The first-order valence-electron chi connectivity index (χ1n) is 10.2. The Labute approximate surface area is 183 Å². The summed E-state index contributed by atoms with van der Waals surface area (Å²) in [5.41, 5.74) is 3.19. The highest BCUT2D eigenvalue weighted by atomic mass is 32.1. The van der Waals surface area contributed by atoms with Crippen LogP contribution in [0.2, 0.25) is 0 Å². The first-order chi connectivity index (χ1) is 15.2. The number of thiazole rings is 1. The lowest BCUT2D eigenvalue weighted by Crippen LogP contribution is -2.26. The van der Waals surface area contributed by atoms with Gasteiger partial charge in [0.1, 0.15) is 5.56 Å². The van der Waals surface area contributed by atoms with Gasteiger partial charge in [-0.3, -0.25) is 14.9 Å². The number of aryl methyl sites for hydroxylation is 2. The van der Waals surface area contributed by atoms with Crippen LogP contribution in [0.3, 0.4) is 0 Å². The fourth-order valence-electron chi connectivity index (χ4n) is 3.92. The number of amides is 1. The van der Waals surface area contributed by atoms with E-state index in [1.165, 1.54) is 16.2 Å². The normalized spacial score (nSPS) is 12.9. The number of carbonyl (C=O) groups is 1. The highest BCUT2D eigenvalue weighted by molar-refractivity contribution is 7.15. The summed E-state index contributed by atoms with van der Waals surface area (Å²) in [6, 6.07) is 18.9. The maximum Gasteiger partial charge on any atom is 0.277 e. The van der Waals surface area contributed by atoms with Crippen LogP contribution in [-0.2, 0) is 12.8 Å². The molecule has 2 aromatic heterocycles. The number of rotatable bonds is 4. The monoisotopic (exact) mass is 428 g/mol. The number of fused-ring (bicyclic) bond motifs is 1. The molecule has 1 aliphatic rings. The van der Waals surface area contributed by atoms with Crippen molar-refractivity contribution in [2.75, 3.05) is 5.32 Å². The zero-order chi connectivity index (χ0) is 21.2. The highest BCUT2D eigenvalue weighted by Crippen LogP contribution is 2.33. The third-order valence-corrected chi connectivity index (χ3v) is 6.46. The predicted molar refractivity (Wildman–Crippen MR) is 122 cm³/mol. The predicted octanol–water partition coefficient (Wildman–Crippen LogP) is 4.69. The second kappa shape index (κ2) is 8.28. The second-order valence-electron chi connectivity index (χ2n) is 7.43. The van der Waals surface area contributed by atoms with Gasteiger partial charge in [-0.1, -0.05) is 60.7 Å². The third kappa shape index (κ3) is 3.80. The quantitative estimate of drug-likeness (QED) is 0.494. The summed E-state index contributed by atoms with van der Waals surface area (Å²) in [4.78, 5) is 32.0. The number of anilines is 1. The Balaban J connectivity index is 1.63. The van der Waals surface area contributed by atoms with Gasteiger partial charge >= 0.3 is 0 Å². The molecule has 0 saturated heterocycles. The van der Waals surface area contributed by atoms with Gasteiger partial charge in [0.05, 0.1) is 11.4 Å². The van der Waals surface area contributed by atoms with Crippen molar-refractivity contribution in [1.29, 1.82) is 0 Å². The Morgan fingerprint density at radius 1 is 0.935 bits per heavy atom. The first kappa shape index (κ1) is 19.4. The lowest BCUT2D eigenvalue weighted by Gasteiger charge is -2.13. The number of H-pyrrole nitrogens is 1. The summed E-state index contributed by atoms with van der Waals surface area (Å²) in [6.45, 7) is 0. The number of hydrogen-bond acceptors (Lipinski definition) is 5. The fraction of sp³-hybridized carbons (Fsp3) is 0.167. The Bertz CT molecular complexity index is 1270. The maximum atomic E-state index is 13.3. The molecule has 2 heterocycles. The van der Waals surface area contributed by atoms with Crippen molar-refractivity contribution in [3.63, 3.8) is 0 Å². The molecule has 0 saturated carbocycles. The fourth-order valence-corrected chi connectivity index (χ4v) is 4.97. The average Bonchev–Trinajstić information content (AvgIpc) is 3.22. The molecule has 0 atom stereocenters. The van der Waals surface area contributed by atoms with E-state index in [-0.39, 0.29) is 5.56 Å². The molecule has 0 aliphatic heterocycles. The molecule has 0 fully saturated rings. The molecule has 1 aliphatic carbocycles. The first-order valence-corrected chi connectivity index (χ1v) is 11.1. The Kier molecular flexibility index (Phi) is 5.18. The lowest BCUT2D eigenvalue weighted by molar-refractivity contribution is 0.102. The van der Waals surface area contributed by atoms with Crippen LogP contribution in [0.4, 0.5) is 5.13 Å². The van der Waals surface area contributed by atoms with Gasteiger partial charge in [0, 0.05) is 16.0 Å². The van der Waals surface area contributed by atoms with Gasteiger partial charge < -0.3 is 0 Å². The van der Waals surface area contributed by atoms with Gasteiger partial charge in [0.15, 0.2) is 5.13 Å². The zero-order valence-corrected chi connectivity index (χ0v) is 17.5. The van der Waals surface area contributed by atoms with Gasteiger partial charge in [0.2, 0.25) is 0 Å². The van der Waals surface area contributed by atoms with Crippen LogP contribution in [0.5, 0.6) is 0 Å². The number of benzene rings is 2. The molecular formula is C24H20N4O2S. The van der Waals surface area contributed by atoms with E-state index >= 15 is 0 Å². The van der Waals surface area contributed by atoms with E-state index in [9.17, 15) is 9.59 Å². The summed E-state index contributed by atoms with van der Waals surface area (Å²) in [5, 5.41) is 10.2. The summed E-state index contributed by atoms with van der Waals surface area (Å²) in [7, 11) is 0. The molecule has 0 bridgehead atoms. The highest BCUT2D eigenvalue weighted by Gasteiger charge is 2.24. The average molecular weight is 429 g/mol. The SMILES string of the molecule is O=C(Nc1nc2c(s1)CCCC2)c1c(-c2ccccc2)c(-c2ccccc2)n[nH]c1=O. The van der Waals surface area contributed by atoms with Crippen molar-refractivity contribution in [3.05, 3.63) is 87.2 Å². The van der Waals surface area contributed by atoms with E-state index in [1.54, 1.807) is 0 Å². The Morgan fingerprint density at radius 3 is 2.32 bits per heavy atom. The summed E-state index contributed by atoms with van der Waals surface area (Å²) in [6.07, 6.45) is 4.19. The molecule has 31 heavy (non-hydrogen) atoms. The van der Waals surface area contributed by atoms with Crippen molar-refractivity contribution in [1.82, 2.24) is 15.2 Å².